The Bertz CT molecular complexity index is 874. The second-order valence-corrected chi connectivity index (χ2v) is 8.17. The van der Waals surface area contributed by atoms with Crippen LogP contribution in [-0.4, -0.2) is 26.6 Å². The van der Waals surface area contributed by atoms with Gasteiger partial charge in [0.2, 0.25) is 15.9 Å². The molecule has 2 aromatic carbocycles. The Hall–Kier alpha value is -2.34. The molecule has 0 fully saturated rings. The van der Waals surface area contributed by atoms with Gasteiger partial charge in [0.15, 0.2) is 0 Å². The van der Waals surface area contributed by atoms with Gasteiger partial charge in [0.25, 0.3) is 0 Å². The zero-order valence-electron chi connectivity index (χ0n) is 15.2. The Kier molecular flexibility index (Phi) is 5.52. The summed E-state index contributed by atoms with van der Waals surface area (Å²) in [6.45, 7) is 7.39. The maximum atomic E-state index is 12.7. The molecular formula is C19H24N2O3S. The summed E-state index contributed by atoms with van der Waals surface area (Å²) in [7, 11) is -3.61. The average Bonchev–Trinajstić information content (AvgIpc) is 2.52. The van der Waals surface area contributed by atoms with E-state index in [2.05, 4.69) is 5.32 Å². The number of hydrogen-bond acceptors (Lipinski definition) is 3. The van der Waals surface area contributed by atoms with Crippen LogP contribution in [-0.2, 0) is 14.8 Å². The van der Waals surface area contributed by atoms with Crippen molar-refractivity contribution in [1.29, 1.82) is 0 Å². The monoisotopic (exact) mass is 360 g/mol. The van der Waals surface area contributed by atoms with Crippen LogP contribution < -0.4 is 9.62 Å². The minimum absolute atomic E-state index is 0.375. The van der Waals surface area contributed by atoms with Gasteiger partial charge in [-0.3, -0.25) is 9.10 Å². The topological polar surface area (TPSA) is 66.5 Å². The summed E-state index contributed by atoms with van der Waals surface area (Å²) in [6.07, 6.45) is 1.11. The van der Waals surface area contributed by atoms with Crippen LogP contribution in [0.25, 0.3) is 0 Å². The van der Waals surface area contributed by atoms with Crippen molar-refractivity contribution < 1.29 is 13.2 Å². The SMILES string of the molecule is Cc1ccc(N([C@H](C)C(=O)Nc2cccc(C)c2C)S(C)(=O)=O)cc1. The molecule has 0 aliphatic carbocycles. The first-order valence-electron chi connectivity index (χ1n) is 8.04. The van der Waals surface area contributed by atoms with Gasteiger partial charge in [-0.05, 0) is 57.0 Å². The second kappa shape index (κ2) is 7.27. The number of hydrogen-bond donors (Lipinski definition) is 1. The lowest BCUT2D eigenvalue weighted by Crippen LogP contribution is -2.45. The molecule has 1 amide bonds. The molecular weight excluding hydrogens is 336 g/mol. The lowest BCUT2D eigenvalue weighted by molar-refractivity contribution is -0.116. The number of nitrogens with zero attached hydrogens (tertiary/aromatic N) is 1. The van der Waals surface area contributed by atoms with Crippen molar-refractivity contribution in [3.05, 3.63) is 59.2 Å². The van der Waals surface area contributed by atoms with Gasteiger partial charge in [-0.15, -0.1) is 0 Å². The van der Waals surface area contributed by atoms with Crippen molar-refractivity contribution in [3.8, 4) is 0 Å². The standard InChI is InChI=1S/C19H24N2O3S/c1-13-9-11-17(12-10-13)21(25(5,23)24)16(4)19(22)20-18-8-6-7-14(2)15(18)3/h6-12,16H,1-5H3,(H,20,22)/t16-/m1/s1. The van der Waals surface area contributed by atoms with Crippen LogP contribution >= 0.6 is 0 Å². The summed E-state index contributed by atoms with van der Waals surface area (Å²) in [5.74, 6) is -0.375. The molecule has 2 rings (SSSR count). The number of sulfonamides is 1. The van der Waals surface area contributed by atoms with Crippen LogP contribution in [0, 0.1) is 20.8 Å². The lowest BCUT2D eigenvalue weighted by atomic mass is 10.1. The van der Waals surface area contributed by atoms with E-state index < -0.39 is 16.1 Å². The number of nitrogens with one attached hydrogen (secondary N) is 1. The van der Waals surface area contributed by atoms with Crippen LogP contribution in [0.15, 0.2) is 42.5 Å². The third kappa shape index (κ3) is 4.39. The Morgan fingerprint density at radius 2 is 1.64 bits per heavy atom. The second-order valence-electron chi connectivity index (χ2n) is 6.31. The summed E-state index contributed by atoms with van der Waals surface area (Å²) in [5, 5.41) is 2.84. The predicted molar refractivity (Wildman–Crippen MR) is 103 cm³/mol. The van der Waals surface area contributed by atoms with Gasteiger partial charge < -0.3 is 5.32 Å². The smallest absolute Gasteiger partial charge is 0.248 e. The predicted octanol–water partition coefficient (Wildman–Crippen LogP) is 3.41. The number of amides is 1. The average molecular weight is 360 g/mol. The minimum Gasteiger partial charge on any atom is -0.324 e. The fourth-order valence-electron chi connectivity index (χ4n) is 2.62. The van der Waals surface area contributed by atoms with E-state index in [1.807, 2.05) is 51.1 Å². The van der Waals surface area contributed by atoms with Crippen molar-refractivity contribution in [2.45, 2.75) is 33.7 Å². The van der Waals surface area contributed by atoms with Gasteiger partial charge in [-0.2, -0.15) is 0 Å². The van der Waals surface area contributed by atoms with Crippen LogP contribution in [0.1, 0.15) is 23.6 Å². The fraction of sp³-hybridized carbons (Fsp3) is 0.316. The first-order valence-corrected chi connectivity index (χ1v) is 9.89. The Morgan fingerprint density at radius 1 is 1.04 bits per heavy atom. The van der Waals surface area contributed by atoms with Crippen LogP contribution in [0.3, 0.4) is 0 Å². The largest absolute Gasteiger partial charge is 0.324 e. The van der Waals surface area contributed by atoms with E-state index in [0.29, 0.717) is 11.4 Å². The highest BCUT2D eigenvalue weighted by Crippen LogP contribution is 2.23. The van der Waals surface area contributed by atoms with Gasteiger partial charge in [0.1, 0.15) is 6.04 Å². The van der Waals surface area contributed by atoms with Crippen molar-refractivity contribution in [2.24, 2.45) is 0 Å². The Labute approximate surface area is 149 Å². The van der Waals surface area contributed by atoms with Crippen molar-refractivity contribution >= 4 is 27.3 Å². The molecule has 0 spiro atoms. The van der Waals surface area contributed by atoms with Crippen molar-refractivity contribution in [1.82, 2.24) is 0 Å². The molecule has 25 heavy (non-hydrogen) atoms. The fourth-order valence-corrected chi connectivity index (χ4v) is 3.80. The molecule has 1 atom stereocenters. The number of carbonyl (C=O) groups is 1. The van der Waals surface area contributed by atoms with E-state index in [9.17, 15) is 13.2 Å². The summed E-state index contributed by atoms with van der Waals surface area (Å²) in [5.41, 5.74) is 4.20. The van der Waals surface area contributed by atoms with Crippen LogP contribution in [0.2, 0.25) is 0 Å². The first kappa shape index (κ1) is 19.0. The van der Waals surface area contributed by atoms with E-state index in [0.717, 1.165) is 27.3 Å². The van der Waals surface area contributed by atoms with Crippen LogP contribution in [0.5, 0.6) is 0 Å². The van der Waals surface area contributed by atoms with Gasteiger partial charge in [0, 0.05) is 5.69 Å². The molecule has 0 saturated carbocycles. The Balaban J connectivity index is 2.33. The van der Waals surface area contributed by atoms with E-state index in [4.69, 9.17) is 0 Å². The molecule has 0 aliphatic heterocycles. The van der Waals surface area contributed by atoms with E-state index in [1.165, 1.54) is 0 Å². The van der Waals surface area contributed by atoms with E-state index in [1.54, 1.807) is 19.1 Å². The highest BCUT2D eigenvalue weighted by Gasteiger charge is 2.29. The van der Waals surface area contributed by atoms with Gasteiger partial charge in [0.05, 0.1) is 11.9 Å². The Morgan fingerprint density at radius 3 is 2.20 bits per heavy atom. The van der Waals surface area contributed by atoms with Crippen molar-refractivity contribution in [3.63, 3.8) is 0 Å². The molecule has 0 saturated heterocycles. The van der Waals surface area contributed by atoms with Crippen LogP contribution in [0.4, 0.5) is 11.4 Å². The maximum Gasteiger partial charge on any atom is 0.248 e. The lowest BCUT2D eigenvalue weighted by Gasteiger charge is -2.28. The van der Waals surface area contributed by atoms with E-state index in [-0.39, 0.29) is 5.91 Å². The maximum absolute atomic E-state index is 12.7. The van der Waals surface area contributed by atoms with Gasteiger partial charge in [-0.1, -0.05) is 29.8 Å². The number of carbonyl (C=O) groups excluding carboxylic acids is 1. The third-order valence-corrected chi connectivity index (χ3v) is 5.48. The molecule has 0 unspecified atom stereocenters. The molecule has 0 bridgehead atoms. The van der Waals surface area contributed by atoms with Gasteiger partial charge >= 0.3 is 0 Å². The number of benzene rings is 2. The molecule has 5 nitrogen and oxygen atoms in total. The first-order chi connectivity index (χ1) is 11.6. The summed E-state index contributed by atoms with van der Waals surface area (Å²) in [6, 6.07) is 11.8. The zero-order valence-corrected chi connectivity index (χ0v) is 16.0. The quantitative estimate of drug-likeness (QED) is 0.888. The number of aryl methyl sites for hydroxylation is 2. The summed E-state index contributed by atoms with van der Waals surface area (Å²) < 4.78 is 25.7. The minimum atomic E-state index is -3.61. The molecule has 0 aliphatic rings. The molecule has 0 radical (unpaired) electrons. The van der Waals surface area contributed by atoms with Crippen molar-refractivity contribution in [2.75, 3.05) is 15.9 Å². The summed E-state index contributed by atoms with van der Waals surface area (Å²) in [4.78, 5) is 12.7. The normalized spacial score (nSPS) is 12.5. The summed E-state index contributed by atoms with van der Waals surface area (Å²) >= 11 is 0. The molecule has 0 heterocycles. The highest BCUT2D eigenvalue weighted by atomic mass is 32.2. The third-order valence-electron chi connectivity index (χ3n) is 4.24. The number of anilines is 2. The number of rotatable bonds is 5. The van der Waals surface area contributed by atoms with E-state index >= 15 is 0 Å². The molecule has 6 heteroatoms. The zero-order chi connectivity index (χ0) is 18.8. The molecule has 0 aromatic heterocycles. The molecule has 134 valence electrons. The molecule has 2 aromatic rings. The van der Waals surface area contributed by atoms with Gasteiger partial charge in [-0.25, -0.2) is 8.42 Å². The highest BCUT2D eigenvalue weighted by molar-refractivity contribution is 7.92. The molecule has 1 N–H and O–H groups in total.